The molecule has 0 aromatic heterocycles. The Balaban J connectivity index is 2.40. The van der Waals surface area contributed by atoms with Crippen molar-refractivity contribution in [2.75, 3.05) is 33.9 Å². The van der Waals surface area contributed by atoms with E-state index in [1.807, 2.05) is 0 Å². The van der Waals surface area contributed by atoms with Crippen LogP contribution in [0.15, 0.2) is 18.2 Å². The number of ether oxygens (including phenoxy) is 2. The number of nitrogens with one attached hydrogen (secondary N) is 1. The summed E-state index contributed by atoms with van der Waals surface area (Å²) in [7, 11) is 2.96. The van der Waals surface area contributed by atoms with Crippen molar-refractivity contribution in [2.45, 2.75) is 6.04 Å². The van der Waals surface area contributed by atoms with Gasteiger partial charge in [0.2, 0.25) is 5.91 Å². The van der Waals surface area contributed by atoms with E-state index in [1.165, 1.54) is 19.1 Å². The van der Waals surface area contributed by atoms with Crippen LogP contribution in [-0.4, -0.2) is 56.6 Å². The minimum Gasteiger partial charge on any atom is -0.496 e. The number of hydrogen-bond acceptors (Lipinski definition) is 5. The van der Waals surface area contributed by atoms with Crippen molar-refractivity contribution >= 4 is 11.8 Å². The second-order valence-electron chi connectivity index (χ2n) is 4.66. The summed E-state index contributed by atoms with van der Waals surface area (Å²) in [6.45, 7) is 1.35. The van der Waals surface area contributed by atoms with Crippen LogP contribution in [-0.2, 0) is 4.79 Å². The molecule has 1 unspecified atom stereocenters. The molecule has 0 saturated carbocycles. The molecule has 0 aliphatic carbocycles. The first-order valence-electron chi connectivity index (χ1n) is 6.62. The monoisotopic (exact) mass is 293 g/mol. The molecule has 0 bridgehead atoms. The highest BCUT2D eigenvalue weighted by Gasteiger charge is 2.33. The maximum Gasteiger partial charge on any atom is 0.262 e. The fourth-order valence-corrected chi connectivity index (χ4v) is 2.41. The van der Waals surface area contributed by atoms with Gasteiger partial charge in [-0.05, 0) is 12.1 Å². The molecule has 7 heteroatoms. The van der Waals surface area contributed by atoms with Crippen molar-refractivity contribution in [3.05, 3.63) is 23.8 Å². The van der Waals surface area contributed by atoms with Crippen molar-refractivity contribution in [3.63, 3.8) is 0 Å². The van der Waals surface area contributed by atoms with Gasteiger partial charge in [0.05, 0.1) is 14.2 Å². The summed E-state index contributed by atoms with van der Waals surface area (Å²) >= 11 is 0. The molecule has 7 nitrogen and oxygen atoms in total. The molecular formula is C14H19N3O4. The molecular weight excluding hydrogens is 274 g/mol. The zero-order chi connectivity index (χ0) is 15.4. The van der Waals surface area contributed by atoms with Crippen LogP contribution in [0.1, 0.15) is 10.4 Å². The third kappa shape index (κ3) is 2.92. The summed E-state index contributed by atoms with van der Waals surface area (Å²) < 4.78 is 10.5. The average Bonchev–Trinajstić information content (AvgIpc) is 2.53. The van der Waals surface area contributed by atoms with Gasteiger partial charge in [0.25, 0.3) is 5.91 Å². The third-order valence-corrected chi connectivity index (χ3v) is 3.47. The van der Waals surface area contributed by atoms with Crippen LogP contribution in [0.25, 0.3) is 0 Å². The third-order valence-electron chi connectivity index (χ3n) is 3.47. The highest BCUT2D eigenvalue weighted by molar-refractivity contribution is 6.02. The number of nitrogens with zero attached hydrogens (tertiary/aromatic N) is 1. The van der Waals surface area contributed by atoms with E-state index in [0.717, 1.165) is 0 Å². The first-order valence-corrected chi connectivity index (χ1v) is 6.62. The van der Waals surface area contributed by atoms with Crippen molar-refractivity contribution in [1.29, 1.82) is 0 Å². The molecule has 114 valence electrons. The highest BCUT2D eigenvalue weighted by Crippen LogP contribution is 2.30. The van der Waals surface area contributed by atoms with E-state index in [9.17, 15) is 9.59 Å². The second kappa shape index (κ2) is 6.45. The van der Waals surface area contributed by atoms with Crippen LogP contribution < -0.4 is 20.5 Å². The van der Waals surface area contributed by atoms with Gasteiger partial charge in [0, 0.05) is 19.6 Å². The Hall–Kier alpha value is -2.28. The number of methoxy groups -OCH3 is 2. The van der Waals surface area contributed by atoms with Gasteiger partial charge in [-0.2, -0.15) is 0 Å². The number of amides is 2. The molecule has 21 heavy (non-hydrogen) atoms. The molecule has 2 amide bonds. The van der Waals surface area contributed by atoms with Crippen molar-refractivity contribution in [1.82, 2.24) is 10.2 Å². The number of benzene rings is 1. The lowest BCUT2D eigenvalue weighted by Gasteiger charge is -2.34. The fraction of sp³-hybridized carbons (Fsp3) is 0.429. The molecule has 1 aliphatic heterocycles. The number of rotatable bonds is 4. The zero-order valence-corrected chi connectivity index (χ0v) is 12.1. The summed E-state index contributed by atoms with van der Waals surface area (Å²) in [5.74, 6) is -0.0544. The highest BCUT2D eigenvalue weighted by atomic mass is 16.5. The molecule has 0 spiro atoms. The van der Waals surface area contributed by atoms with Gasteiger partial charge in [-0.3, -0.25) is 9.59 Å². The Kier molecular flexibility index (Phi) is 4.64. The Labute approximate surface area is 123 Å². The SMILES string of the molecule is COc1cccc(OC)c1C(=O)N1CCNCC1C(N)=O. The fourth-order valence-electron chi connectivity index (χ4n) is 2.41. The maximum atomic E-state index is 12.8. The van der Waals surface area contributed by atoms with Crippen LogP contribution in [0.2, 0.25) is 0 Å². The van der Waals surface area contributed by atoms with Crippen LogP contribution in [0.4, 0.5) is 0 Å². The van der Waals surface area contributed by atoms with E-state index >= 15 is 0 Å². The lowest BCUT2D eigenvalue weighted by Crippen LogP contribution is -2.58. The van der Waals surface area contributed by atoms with Gasteiger partial charge >= 0.3 is 0 Å². The first kappa shape index (κ1) is 15.1. The van der Waals surface area contributed by atoms with E-state index < -0.39 is 11.9 Å². The topological polar surface area (TPSA) is 93.9 Å². The van der Waals surface area contributed by atoms with E-state index in [0.29, 0.717) is 36.7 Å². The van der Waals surface area contributed by atoms with Crippen molar-refractivity contribution in [2.24, 2.45) is 5.73 Å². The van der Waals surface area contributed by atoms with Crippen LogP contribution in [0.3, 0.4) is 0 Å². The standard InChI is InChI=1S/C14H19N3O4/c1-20-10-4-3-5-11(21-2)12(10)14(19)17-7-6-16-8-9(17)13(15)18/h3-5,9,16H,6-8H2,1-2H3,(H2,15,18). The van der Waals surface area contributed by atoms with E-state index in [4.69, 9.17) is 15.2 Å². The first-order chi connectivity index (χ1) is 10.1. The number of piperazine rings is 1. The molecule has 3 N–H and O–H groups in total. The van der Waals surface area contributed by atoms with E-state index in [-0.39, 0.29) is 5.91 Å². The van der Waals surface area contributed by atoms with Gasteiger partial charge in [0.1, 0.15) is 23.1 Å². The molecule has 1 atom stereocenters. The quantitative estimate of drug-likeness (QED) is 0.788. The zero-order valence-electron chi connectivity index (χ0n) is 12.1. The summed E-state index contributed by atoms with van der Waals surface area (Å²) in [4.78, 5) is 25.8. The van der Waals surface area contributed by atoms with Gasteiger partial charge in [-0.15, -0.1) is 0 Å². The molecule has 1 saturated heterocycles. The molecule has 0 radical (unpaired) electrons. The summed E-state index contributed by atoms with van der Waals surface area (Å²) in [5, 5.41) is 3.05. The summed E-state index contributed by atoms with van der Waals surface area (Å²) in [6, 6.07) is 4.41. The molecule has 1 aromatic carbocycles. The Bertz CT molecular complexity index is 525. The lowest BCUT2D eigenvalue weighted by atomic mass is 10.1. The van der Waals surface area contributed by atoms with Crippen LogP contribution in [0, 0.1) is 0 Å². The number of nitrogens with two attached hydrogens (primary N) is 1. The normalized spacial score (nSPS) is 18.2. The largest absolute Gasteiger partial charge is 0.496 e. The van der Waals surface area contributed by atoms with E-state index in [1.54, 1.807) is 18.2 Å². The number of primary amides is 1. The van der Waals surface area contributed by atoms with Crippen molar-refractivity contribution < 1.29 is 19.1 Å². The predicted octanol–water partition coefficient (Wildman–Crippen LogP) is -0.397. The summed E-state index contributed by atoms with van der Waals surface area (Å²) in [6.07, 6.45) is 0. The van der Waals surface area contributed by atoms with Gasteiger partial charge in [0.15, 0.2) is 0 Å². The molecule has 1 heterocycles. The maximum absolute atomic E-state index is 12.8. The molecule has 2 rings (SSSR count). The Morgan fingerprint density at radius 1 is 1.29 bits per heavy atom. The average molecular weight is 293 g/mol. The molecule has 1 aliphatic rings. The minimum atomic E-state index is -0.680. The molecule has 1 aromatic rings. The Morgan fingerprint density at radius 2 is 1.90 bits per heavy atom. The number of carbonyl (C=O) groups is 2. The van der Waals surface area contributed by atoms with Gasteiger partial charge in [-0.25, -0.2) is 0 Å². The van der Waals surface area contributed by atoms with Crippen molar-refractivity contribution in [3.8, 4) is 11.5 Å². The number of hydrogen-bond donors (Lipinski definition) is 2. The molecule has 1 fully saturated rings. The van der Waals surface area contributed by atoms with Crippen LogP contribution >= 0.6 is 0 Å². The van der Waals surface area contributed by atoms with Gasteiger partial charge in [-0.1, -0.05) is 6.07 Å². The van der Waals surface area contributed by atoms with Gasteiger partial charge < -0.3 is 25.4 Å². The smallest absolute Gasteiger partial charge is 0.262 e. The van der Waals surface area contributed by atoms with Crippen LogP contribution in [0.5, 0.6) is 11.5 Å². The number of carbonyl (C=O) groups excluding carboxylic acids is 2. The lowest BCUT2D eigenvalue weighted by molar-refractivity contribution is -0.122. The summed E-state index contributed by atoms with van der Waals surface area (Å²) in [5.41, 5.74) is 5.68. The second-order valence-corrected chi connectivity index (χ2v) is 4.66. The minimum absolute atomic E-state index is 0.302. The predicted molar refractivity (Wildman–Crippen MR) is 76.4 cm³/mol. The van der Waals surface area contributed by atoms with E-state index in [2.05, 4.69) is 5.32 Å². The Morgan fingerprint density at radius 3 is 2.43 bits per heavy atom.